The van der Waals surface area contributed by atoms with Crippen LogP contribution in [0.5, 0.6) is 11.5 Å². The van der Waals surface area contributed by atoms with Gasteiger partial charge in [0.1, 0.15) is 5.54 Å². The molecule has 2 aliphatic rings. The minimum Gasteiger partial charge on any atom is -0.504 e. The Morgan fingerprint density at radius 3 is 2.37 bits per heavy atom. The van der Waals surface area contributed by atoms with E-state index in [4.69, 9.17) is 4.74 Å². The number of carboxylic acid groups (broad SMARTS) is 1. The van der Waals surface area contributed by atoms with Crippen LogP contribution < -0.4 is 10.1 Å². The number of hydrogen-bond acceptors (Lipinski definition) is 6. The average Bonchev–Trinajstić information content (AvgIpc) is 3.09. The van der Waals surface area contributed by atoms with Crippen molar-refractivity contribution in [3.05, 3.63) is 23.8 Å². The Hall–Kier alpha value is -2.61. The van der Waals surface area contributed by atoms with E-state index in [2.05, 4.69) is 5.32 Å². The van der Waals surface area contributed by atoms with Gasteiger partial charge in [-0.25, -0.2) is 0 Å². The highest BCUT2D eigenvalue weighted by atomic mass is 16.5. The molecule has 2 saturated heterocycles. The van der Waals surface area contributed by atoms with E-state index in [9.17, 15) is 24.6 Å². The summed E-state index contributed by atoms with van der Waals surface area (Å²) in [5.41, 5.74) is -1.81. The van der Waals surface area contributed by atoms with E-state index in [1.807, 2.05) is 13.8 Å². The lowest BCUT2D eigenvalue weighted by atomic mass is 9.75. The number of methoxy groups -OCH3 is 1. The molecule has 8 nitrogen and oxygen atoms in total. The van der Waals surface area contributed by atoms with Crippen molar-refractivity contribution >= 4 is 17.8 Å². The van der Waals surface area contributed by atoms with E-state index < -0.39 is 46.7 Å². The smallest absolute Gasteiger partial charge is 0.324 e. The van der Waals surface area contributed by atoms with Crippen LogP contribution in [-0.4, -0.2) is 51.1 Å². The molecular formula is C22H30N2O6. The number of carboxylic acids is 1. The van der Waals surface area contributed by atoms with E-state index in [1.54, 1.807) is 32.9 Å². The fraction of sp³-hybridized carbons (Fsp3) is 0.591. The largest absolute Gasteiger partial charge is 0.504 e. The molecule has 0 saturated carbocycles. The van der Waals surface area contributed by atoms with Gasteiger partial charge in [-0.2, -0.15) is 0 Å². The van der Waals surface area contributed by atoms with E-state index in [-0.39, 0.29) is 23.8 Å². The maximum atomic E-state index is 13.4. The molecule has 2 fully saturated rings. The number of amides is 2. The summed E-state index contributed by atoms with van der Waals surface area (Å²) in [4.78, 5) is 40.6. The van der Waals surface area contributed by atoms with Crippen LogP contribution in [0.15, 0.2) is 18.2 Å². The third-order valence-electron chi connectivity index (χ3n) is 6.00. The summed E-state index contributed by atoms with van der Waals surface area (Å²) in [6.07, 6.45) is 0.194. The number of imide groups is 1. The molecule has 3 rings (SSSR count). The molecule has 3 N–H and O–H groups in total. The number of fused-ring (bicyclic) bond motifs is 1. The first kappa shape index (κ1) is 22.1. The zero-order valence-electron chi connectivity index (χ0n) is 18.2. The van der Waals surface area contributed by atoms with E-state index >= 15 is 0 Å². The lowest BCUT2D eigenvalue weighted by molar-refractivity contribution is -0.154. The van der Waals surface area contributed by atoms with Gasteiger partial charge < -0.3 is 14.9 Å². The predicted octanol–water partition coefficient (Wildman–Crippen LogP) is 2.31. The first-order chi connectivity index (χ1) is 13.8. The molecule has 2 heterocycles. The van der Waals surface area contributed by atoms with Gasteiger partial charge in [-0.3, -0.25) is 24.6 Å². The Bertz CT molecular complexity index is 890. The van der Waals surface area contributed by atoms with Crippen molar-refractivity contribution in [3.8, 4) is 11.5 Å². The van der Waals surface area contributed by atoms with Crippen LogP contribution in [0.25, 0.3) is 0 Å². The highest BCUT2D eigenvalue weighted by Crippen LogP contribution is 2.52. The summed E-state index contributed by atoms with van der Waals surface area (Å²) in [7, 11) is 1.43. The second-order valence-corrected chi connectivity index (χ2v) is 9.61. The van der Waals surface area contributed by atoms with Gasteiger partial charge in [0.15, 0.2) is 11.5 Å². The molecule has 1 aromatic carbocycles. The third kappa shape index (κ3) is 3.23. The normalized spacial score (nSPS) is 28.9. The average molecular weight is 418 g/mol. The lowest BCUT2D eigenvalue weighted by Crippen LogP contribution is -2.58. The number of phenols is 1. The number of aromatic hydroxyl groups is 1. The predicted molar refractivity (Wildman–Crippen MR) is 109 cm³/mol. The van der Waals surface area contributed by atoms with Crippen LogP contribution in [0, 0.1) is 17.8 Å². The Morgan fingerprint density at radius 1 is 1.27 bits per heavy atom. The SMILES string of the molecule is COc1ccc(C2NC(CC(C)C)(C(=O)O)C3C(=O)N(C(C)(C)C)C(=O)C23)cc1O. The van der Waals surface area contributed by atoms with Crippen molar-refractivity contribution in [1.29, 1.82) is 0 Å². The second-order valence-electron chi connectivity index (χ2n) is 9.61. The molecule has 4 unspecified atom stereocenters. The number of hydrogen-bond donors (Lipinski definition) is 3. The van der Waals surface area contributed by atoms with Gasteiger partial charge in [0.2, 0.25) is 11.8 Å². The number of rotatable bonds is 5. The van der Waals surface area contributed by atoms with E-state index in [0.29, 0.717) is 5.56 Å². The van der Waals surface area contributed by atoms with Crippen LogP contribution in [0.4, 0.5) is 0 Å². The van der Waals surface area contributed by atoms with E-state index in [1.165, 1.54) is 18.1 Å². The van der Waals surface area contributed by atoms with E-state index in [0.717, 1.165) is 0 Å². The van der Waals surface area contributed by atoms with Crippen LogP contribution >= 0.6 is 0 Å². The summed E-state index contributed by atoms with van der Waals surface area (Å²) in [5, 5.41) is 23.6. The van der Waals surface area contributed by atoms with Crippen LogP contribution in [0.2, 0.25) is 0 Å². The van der Waals surface area contributed by atoms with Gasteiger partial charge in [-0.05, 0) is 50.8 Å². The number of ether oxygens (including phenoxy) is 1. The molecule has 0 spiro atoms. The zero-order valence-corrected chi connectivity index (χ0v) is 18.2. The number of phenolic OH excluding ortho intramolecular Hbond substituents is 1. The highest BCUT2D eigenvalue weighted by molar-refractivity contribution is 6.10. The van der Waals surface area contributed by atoms with Gasteiger partial charge in [0.25, 0.3) is 0 Å². The summed E-state index contributed by atoms with van der Waals surface area (Å²) in [6, 6.07) is 3.97. The maximum Gasteiger partial charge on any atom is 0.324 e. The molecule has 0 bridgehead atoms. The zero-order chi connectivity index (χ0) is 22.6. The number of carbonyl (C=O) groups excluding carboxylic acids is 2. The summed E-state index contributed by atoms with van der Waals surface area (Å²) in [5.74, 6) is -3.78. The van der Waals surface area contributed by atoms with Gasteiger partial charge in [0, 0.05) is 11.6 Å². The van der Waals surface area contributed by atoms with Gasteiger partial charge in [-0.15, -0.1) is 0 Å². The molecule has 30 heavy (non-hydrogen) atoms. The van der Waals surface area contributed by atoms with Crippen molar-refractivity contribution in [2.24, 2.45) is 17.8 Å². The molecule has 0 aromatic heterocycles. The number of nitrogens with one attached hydrogen (secondary N) is 1. The molecular weight excluding hydrogens is 388 g/mol. The molecule has 2 amide bonds. The quantitative estimate of drug-likeness (QED) is 0.628. The number of nitrogens with zero attached hydrogens (tertiary/aromatic N) is 1. The number of aliphatic carboxylic acids is 1. The second kappa shape index (κ2) is 7.27. The molecule has 0 aliphatic carbocycles. The van der Waals surface area contributed by atoms with Gasteiger partial charge in [-0.1, -0.05) is 19.9 Å². The molecule has 2 aliphatic heterocycles. The van der Waals surface area contributed by atoms with Crippen molar-refractivity contribution < 1.29 is 29.3 Å². The monoisotopic (exact) mass is 418 g/mol. The topological polar surface area (TPSA) is 116 Å². The van der Waals surface area contributed by atoms with Crippen molar-refractivity contribution in [2.45, 2.75) is 58.2 Å². The van der Waals surface area contributed by atoms with Crippen LogP contribution in [-0.2, 0) is 14.4 Å². The summed E-state index contributed by atoms with van der Waals surface area (Å²) >= 11 is 0. The Morgan fingerprint density at radius 2 is 1.90 bits per heavy atom. The minimum absolute atomic E-state index is 0.0242. The van der Waals surface area contributed by atoms with Crippen molar-refractivity contribution in [2.75, 3.05) is 7.11 Å². The third-order valence-corrected chi connectivity index (χ3v) is 6.00. The van der Waals surface area contributed by atoms with Crippen molar-refractivity contribution in [3.63, 3.8) is 0 Å². The van der Waals surface area contributed by atoms with Gasteiger partial charge in [0.05, 0.1) is 18.9 Å². The Balaban J connectivity index is 2.18. The fourth-order valence-corrected chi connectivity index (χ4v) is 4.97. The minimum atomic E-state index is -1.58. The molecule has 0 radical (unpaired) electrons. The number of likely N-dealkylation sites (tertiary alicyclic amines) is 1. The summed E-state index contributed by atoms with van der Waals surface area (Å²) in [6.45, 7) is 9.05. The summed E-state index contributed by atoms with van der Waals surface area (Å²) < 4.78 is 5.09. The fourth-order valence-electron chi connectivity index (χ4n) is 4.97. The van der Waals surface area contributed by atoms with Crippen LogP contribution in [0.3, 0.4) is 0 Å². The lowest BCUT2D eigenvalue weighted by Gasteiger charge is -2.36. The Labute approximate surface area is 176 Å². The maximum absolute atomic E-state index is 13.4. The highest BCUT2D eigenvalue weighted by Gasteiger charge is 2.69. The van der Waals surface area contributed by atoms with Crippen LogP contribution in [0.1, 0.15) is 52.6 Å². The Kier molecular flexibility index (Phi) is 5.35. The first-order valence-corrected chi connectivity index (χ1v) is 10.1. The standard InChI is InChI=1S/C22H30N2O6/c1-11(2)10-22(20(28)29)16-15(18(26)24(19(16)27)21(3,4)5)17(23-22)12-7-8-14(30-6)13(25)9-12/h7-9,11,15-17,23,25H,10H2,1-6H3,(H,28,29). The number of benzene rings is 1. The molecule has 8 heteroatoms. The number of carbonyl (C=O) groups is 3. The van der Waals surface area contributed by atoms with Crippen molar-refractivity contribution in [1.82, 2.24) is 10.2 Å². The first-order valence-electron chi connectivity index (χ1n) is 10.1. The van der Waals surface area contributed by atoms with Gasteiger partial charge >= 0.3 is 5.97 Å². The molecule has 4 atom stereocenters. The molecule has 1 aromatic rings. The molecule has 164 valence electrons.